The highest BCUT2D eigenvalue weighted by atomic mass is 16.4. The fraction of sp³-hybridized carbons (Fsp3) is 0.467. The second kappa shape index (κ2) is 5.43. The SMILES string of the molecule is C=CCC1(C(=O)O)CC=C(C)CC1(CC=C)C(=O)O. The van der Waals surface area contributed by atoms with Gasteiger partial charge < -0.3 is 10.2 Å². The van der Waals surface area contributed by atoms with Crippen molar-refractivity contribution in [1.29, 1.82) is 0 Å². The normalized spacial score (nSPS) is 30.3. The summed E-state index contributed by atoms with van der Waals surface area (Å²) in [7, 11) is 0. The molecule has 4 nitrogen and oxygen atoms in total. The van der Waals surface area contributed by atoms with Gasteiger partial charge in [-0.15, -0.1) is 13.2 Å². The molecule has 2 atom stereocenters. The molecule has 0 aliphatic heterocycles. The van der Waals surface area contributed by atoms with Crippen molar-refractivity contribution in [3.63, 3.8) is 0 Å². The van der Waals surface area contributed by atoms with Crippen LogP contribution in [0.4, 0.5) is 0 Å². The van der Waals surface area contributed by atoms with Crippen LogP contribution >= 0.6 is 0 Å². The van der Waals surface area contributed by atoms with Gasteiger partial charge in [0.2, 0.25) is 0 Å². The average molecular weight is 264 g/mol. The van der Waals surface area contributed by atoms with Gasteiger partial charge in [-0.05, 0) is 32.6 Å². The Balaban J connectivity index is 3.52. The second-order valence-electron chi connectivity index (χ2n) is 5.19. The van der Waals surface area contributed by atoms with Gasteiger partial charge in [0.25, 0.3) is 0 Å². The van der Waals surface area contributed by atoms with E-state index in [0.29, 0.717) is 0 Å². The van der Waals surface area contributed by atoms with E-state index in [1.807, 2.05) is 13.0 Å². The van der Waals surface area contributed by atoms with Crippen LogP contribution in [0, 0.1) is 10.8 Å². The van der Waals surface area contributed by atoms with Gasteiger partial charge in [0.1, 0.15) is 0 Å². The van der Waals surface area contributed by atoms with Gasteiger partial charge in [-0.1, -0.05) is 23.8 Å². The van der Waals surface area contributed by atoms with Gasteiger partial charge in [0.15, 0.2) is 0 Å². The van der Waals surface area contributed by atoms with E-state index in [-0.39, 0.29) is 25.7 Å². The second-order valence-corrected chi connectivity index (χ2v) is 5.19. The minimum atomic E-state index is -1.35. The Kier molecular flexibility index (Phi) is 4.35. The number of carboxylic acid groups (broad SMARTS) is 2. The number of hydrogen-bond acceptors (Lipinski definition) is 2. The number of carboxylic acids is 2. The molecular weight excluding hydrogens is 244 g/mol. The minimum absolute atomic E-state index is 0.131. The summed E-state index contributed by atoms with van der Waals surface area (Å²) in [5.74, 6) is -2.16. The lowest BCUT2D eigenvalue weighted by molar-refractivity contribution is -0.175. The first kappa shape index (κ1) is 15.2. The van der Waals surface area contributed by atoms with Crippen LogP contribution in [-0.2, 0) is 9.59 Å². The van der Waals surface area contributed by atoms with Crippen LogP contribution in [0.5, 0.6) is 0 Å². The lowest BCUT2D eigenvalue weighted by Gasteiger charge is -2.47. The first-order chi connectivity index (χ1) is 8.86. The number of allylic oxidation sites excluding steroid dienone is 4. The van der Waals surface area contributed by atoms with E-state index in [0.717, 1.165) is 5.57 Å². The van der Waals surface area contributed by atoms with Crippen LogP contribution in [-0.4, -0.2) is 22.2 Å². The van der Waals surface area contributed by atoms with Crippen molar-refractivity contribution in [2.45, 2.75) is 32.6 Å². The number of hydrogen-bond donors (Lipinski definition) is 2. The Labute approximate surface area is 113 Å². The van der Waals surface area contributed by atoms with Gasteiger partial charge >= 0.3 is 11.9 Å². The van der Waals surface area contributed by atoms with Crippen molar-refractivity contribution in [2.75, 3.05) is 0 Å². The smallest absolute Gasteiger partial charge is 0.311 e. The van der Waals surface area contributed by atoms with Crippen molar-refractivity contribution in [2.24, 2.45) is 10.8 Å². The summed E-state index contributed by atoms with van der Waals surface area (Å²) in [6.07, 6.45) is 5.51. The Hall–Kier alpha value is -1.84. The molecule has 1 aliphatic carbocycles. The highest BCUT2D eigenvalue weighted by Crippen LogP contribution is 2.55. The summed E-state index contributed by atoms with van der Waals surface area (Å²) in [6.45, 7) is 9.01. The van der Waals surface area contributed by atoms with Crippen molar-refractivity contribution in [3.05, 3.63) is 37.0 Å². The van der Waals surface area contributed by atoms with Gasteiger partial charge in [-0.2, -0.15) is 0 Å². The molecule has 0 bridgehead atoms. The van der Waals surface area contributed by atoms with Crippen molar-refractivity contribution >= 4 is 11.9 Å². The van der Waals surface area contributed by atoms with E-state index >= 15 is 0 Å². The molecule has 0 aromatic carbocycles. The van der Waals surface area contributed by atoms with E-state index in [1.165, 1.54) is 12.2 Å². The maximum absolute atomic E-state index is 11.8. The molecule has 1 rings (SSSR count). The fourth-order valence-corrected chi connectivity index (χ4v) is 3.05. The molecule has 19 heavy (non-hydrogen) atoms. The molecule has 0 aromatic rings. The minimum Gasteiger partial charge on any atom is -0.481 e. The molecule has 0 saturated heterocycles. The molecule has 0 fully saturated rings. The van der Waals surface area contributed by atoms with Gasteiger partial charge in [0.05, 0.1) is 10.8 Å². The Morgan fingerprint density at radius 1 is 1.21 bits per heavy atom. The summed E-state index contributed by atoms with van der Waals surface area (Å²) >= 11 is 0. The molecule has 1 aliphatic rings. The predicted molar refractivity (Wildman–Crippen MR) is 72.8 cm³/mol. The van der Waals surface area contributed by atoms with Crippen molar-refractivity contribution < 1.29 is 19.8 Å². The number of carbonyl (C=O) groups is 2. The first-order valence-corrected chi connectivity index (χ1v) is 6.20. The van der Waals surface area contributed by atoms with E-state index in [1.54, 1.807) is 0 Å². The third-order valence-electron chi connectivity index (χ3n) is 4.10. The zero-order chi connectivity index (χ0) is 14.7. The summed E-state index contributed by atoms with van der Waals surface area (Å²) in [5.41, 5.74) is -1.80. The predicted octanol–water partition coefficient (Wildman–Crippen LogP) is 3.02. The highest BCUT2D eigenvalue weighted by molar-refractivity contribution is 5.88. The van der Waals surface area contributed by atoms with Crippen LogP contribution in [0.15, 0.2) is 37.0 Å². The van der Waals surface area contributed by atoms with E-state index in [4.69, 9.17) is 0 Å². The van der Waals surface area contributed by atoms with Crippen LogP contribution in [0.3, 0.4) is 0 Å². The molecule has 0 aromatic heterocycles. The largest absolute Gasteiger partial charge is 0.481 e. The van der Waals surface area contributed by atoms with E-state index in [2.05, 4.69) is 13.2 Å². The standard InChI is InChI=1S/C15H20O4/c1-4-7-14(12(16)17)9-6-11(3)10-15(14,8-5-2)13(18)19/h4-6H,1-2,7-10H2,3H3,(H,16,17)(H,18,19). The zero-order valence-corrected chi connectivity index (χ0v) is 11.2. The maximum Gasteiger partial charge on any atom is 0.311 e. The van der Waals surface area contributed by atoms with Gasteiger partial charge in [0, 0.05) is 0 Å². The molecule has 2 unspecified atom stereocenters. The molecule has 0 saturated carbocycles. The summed E-state index contributed by atoms with van der Waals surface area (Å²) in [5, 5.41) is 19.3. The molecule has 0 amide bonds. The quantitative estimate of drug-likeness (QED) is 0.723. The monoisotopic (exact) mass is 264 g/mol. The molecule has 0 spiro atoms. The number of rotatable bonds is 6. The lowest BCUT2D eigenvalue weighted by atomic mass is 9.53. The molecular formula is C15H20O4. The molecule has 104 valence electrons. The third-order valence-corrected chi connectivity index (χ3v) is 4.10. The molecule has 4 heteroatoms. The van der Waals surface area contributed by atoms with Gasteiger partial charge in [-0.3, -0.25) is 9.59 Å². The highest BCUT2D eigenvalue weighted by Gasteiger charge is 2.60. The Bertz CT molecular complexity index is 449. The van der Waals surface area contributed by atoms with Crippen molar-refractivity contribution in [1.82, 2.24) is 0 Å². The van der Waals surface area contributed by atoms with Crippen molar-refractivity contribution in [3.8, 4) is 0 Å². The Morgan fingerprint density at radius 3 is 2.11 bits per heavy atom. The molecule has 2 N–H and O–H groups in total. The van der Waals surface area contributed by atoms with Gasteiger partial charge in [-0.25, -0.2) is 0 Å². The van der Waals surface area contributed by atoms with E-state index in [9.17, 15) is 19.8 Å². The zero-order valence-electron chi connectivity index (χ0n) is 11.2. The maximum atomic E-state index is 11.8. The fourth-order valence-electron chi connectivity index (χ4n) is 3.05. The summed E-state index contributed by atoms with van der Waals surface area (Å²) in [4.78, 5) is 23.6. The van der Waals surface area contributed by atoms with Crippen LogP contribution < -0.4 is 0 Å². The van der Waals surface area contributed by atoms with Crippen LogP contribution in [0.25, 0.3) is 0 Å². The Morgan fingerprint density at radius 2 is 1.68 bits per heavy atom. The lowest BCUT2D eigenvalue weighted by Crippen LogP contribution is -2.53. The third kappa shape index (κ3) is 2.23. The molecule has 0 heterocycles. The summed E-state index contributed by atoms with van der Waals surface area (Å²) < 4.78 is 0. The first-order valence-electron chi connectivity index (χ1n) is 6.20. The van der Waals surface area contributed by atoms with Crippen LogP contribution in [0.1, 0.15) is 32.6 Å². The average Bonchev–Trinajstić information content (AvgIpc) is 2.32. The van der Waals surface area contributed by atoms with Crippen LogP contribution in [0.2, 0.25) is 0 Å². The molecule has 0 radical (unpaired) electrons. The van der Waals surface area contributed by atoms with E-state index < -0.39 is 22.8 Å². The topological polar surface area (TPSA) is 74.6 Å². The number of aliphatic carboxylic acids is 2. The summed E-state index contributed by atoms with van der Waals surface area (Å²) in [6, 6.07) is 0.